The fourth-order valence-corrected chi connectivity index (χ4v) is 1.72. The number of benzene rings is 2. The van der Waals surface area contributed by atoms with Gasteiger partial charge < -0.3 is 5.32 Å². The normalized spacial score (nSPS) is 10.1. The van der Waals surface area contributed by atoms with Crippen molar-refractivity contribution in [2.24, 2.45) is 0 Å². The van der Waals surface area contributed by atoms with Crippen molar-refractivity contribution in [3.63, 3.8) is 0 Å². The predicted molar refractivity (Wildman–Crippen MR) is 73.8 cm³/mol. The van der Waals surface area contributed by atoms with Crippen molar-refractivity contribution in [3.8, 4) is 0 Å². The molecule has 3 heteroatoms. The average Bonchev–Trinajstić information content (AvgIpc) is 2.38. The Balaban J connectivity index is 1.96. The molecule has 0 saturated carbocycles. The van der Waals surface area contributed by atoms with Crippen LogP contribution in [0.15, 0.2) is 48.5 Å². The number of nitrogens with one attached hydrogen (secondary N) is 1. The number of hydrogen-bond acceptors (Lipinski definition) is 1. The molecule has 18 heavy (non-hydrogen) atoms. The van der Waals surface area contributed by atoms with Gasteiger partial charge >= 0.3 is 0 Å². The molecule has 0 atom stereocenters. The maximum Gasteiger partial charge on any atom is 0.251 e. The van der Waals surface area contributed by atoms with E-state index in [4.69, 9.17) is 11.6 Å². The molecule has 2 rings (SSSR count). The van der Waals surface area contributed by atoms with Crippen molar-refractivity contribution in [2.45, 2.75) is 13.5 Å². The molecule has 0 aliphatic carbocycles. The summed E-state index contributed by atoms with van der Waals surface area (Å²) < 4.78 is 0. The summed E-state index contributed by atoms with van der Waals surface area (Å²) in [5.41, 5.74) is 2.85. The standard InChI is InChI=1S/C15H14ClNO/c1-11-2-6-13(7-3-11)15(18)17-10-12-4-8-14(16)9-5-12/h2-9H,10H2,1H3,(H,17,18). The molecule has 0 heterocycles. The zero-order valence-electron chi connectivity index (χ0n) is 10.1. The van der Waals surface area contributed by atoms with Crippen LogP contribution in [0, 0.1) is 6.92 Å². The summed E-state index contributed by atoms with van der Waals surface area (Å²) in [5.74, 6) is -0.0649. The summed E-state index contributed by atoms with van der Waals surface area (Å²) >= 11 is 5.80. The highest BCUT2D eigenvalue weighted by molar-refractivity contribution is 6.30. The second kappa shape index (κ2) is 5.69. The van der Waals surface area contributed by atoms with Crippen LogP contribution in [0.25, 0.3) is 0 Å². The molecule has 0 fully saturated rings. The van der Waals surface area contributed by atoms with Crippen LogP contribution in [0.1, 0.15) is 21.5 Å². The molecule has 0 aromatic heterocycles. The van der Waals surface area contributed by atoms with E-state index in [0.29, 0.717) is 17.1 Å². The molecule has 1 N–H and O–H groups in total. The minimum Gasteiger partial charge on any atom is -0.348 e. The summed E-state index contributed by atoms with van der Waals surface area (Å²) in [6, 6.07) is 14.9. The average molecular weight is 260 g/mol. The van der Waals surface area contributed by atoms with E-state index >= 15 is 0 Å². The van der Waals surface area contributed by atoms with Crippen LogP contribution in [0.4, 0.5) is 0 Å². The van der Waals surface area contributed by atoms with Crippen molar-refractivity contribution in [1.29, 1.82) is 0 Å². The Morgan fingerprint density at radius 2 is 1.67 bits per heavy atom. The van der Waals surface area contributed by atoms with Crippen LogP contribution in [0.3, 0.4) is 0 Å². The first-order valence-electron chi connectivity index (χ1n) is 5.74. The predicted octanol–water partition coefficient (Wildman–Crippen LogP) is 3.58. The van der Waals surface area contributed by atoms with Crippen LogP contribution < -0.4 is 5.32 Å². The molecule has 0 radical (unpaired) electrons. The topological polar surface area (TPSA) is 29.1 Å². The van der Waals surface area contributed by atoms with Gasteiger partial charge in [0.2, 0.25) is 0 Å². The molecular formula is C15H14ClNO. The summed E-state index contributed by atoms with van der Waals surface area (Å²) in [6.45, 7) is 2.50. The molecule has 2 nitrogen and oxygen atoms in total. The second-order valence-electron chi connectivity index (χ2n) is 4.18. The maximum atomic E-state index is 11.9. The SMILES string of the molecule is Cc1ccc(C(=O)NCc2ccc(Cl)cc2)cc1. The lowest BCUT2D eigenvalue weighted by Crippen LogP contribution is -2.22. The number of halogens is 1. The Bertz CT molecular complexity index is 531. The smallest absolute Gasteiger partial charge is 0.251 e. The van der Waals surface area contributed by atoms with Gasteiger partial charge in [-0.25, -0.2) is 0 Å². The largest absolute Gasteiger partial charge is 0.348 e. The molecule has 0 spiro atoms. The van der Waals surface area contributed by atoms with Crippen molar-refractivity contribution in [2.75, 3.05) is 0 Å². The molecular weight excluding hydrogens is 246 g/mol. The van der Waals surface area contributed by atoms with Crippen molar-refractivity contribution >= 4 is 17.5 Å². The quantitative estimate of drug-likeness (QED) is 0.897. The van der Waals surface area contributed by atoms with Gasteiger partial charge in [-0.1, -0.05) is 41.4 Å². The van der Waals surface area contributed by atoms with Gasteiger partial charge in [0.1, 0.15) is 0 Å². The molecule has 2 aromatic carbocycles. The van der Waals surface area contributed by atoms with Gasteiger partial charge in [0.05, 0.1) is 0 Å². The van der Waals surface area contributed by atoms with Crippen LogP contribution in [-0.2, 0) is 6.54 Å². The molecule has 0 unspecified atom stereocenters. The monoisotopic (exact) mass is 259 g/mol. The fourth-order valence-electron chi connectivity index (χ4n) is 1.59. The first-order chi connectivity index (χ1) is 8.65. The minimum absolute atomic E-state index is 0.0649. The van der Waals surface area contributed by atoms with E-state index in [1.165, 1.54) is 0 Å². The van der Waals surface area contributed by atoms with Crippen molar-refractivity contribution < 1.29 is 4.79 Å². The maximum absolute atomic E-state index is 11.9. The van der Waals surface area contributed by atoms with E-state index < -0.39 is 0 Å². The van der Waals surface area contributed by atoms with Gasteiger partial charge in [0.25, 0.3) is 5.91 Å². The third-order valence-electron chi connectivity index (χ3n) is 2.68. The molecule has 0 aliphatic rings. The Kier molecular flexibility index (Phi) is 4.00. The molecule has 0 aliphatic heterocycles. The van der Waals surface area contributed by atoms with E-state index in [-0.39, 0.29) is 5.91 Å². The second-order valence-corrected chi connectivity index (χ2v) is 4.61. The van der Waals surface area contributed by atoms with Gasteiger partial charge in [0.15, 0.2) is 0 Å². The van der Waals surface area contributed by atoms with Gasteiger partial charge in [-0.3, -0.25) is 4.79 Å². The van der Waals surface area contributed by atoms with E-state index in [0.717, 1.165) is 11.1 Å². The summed E-state index contributed by atoms with van der Waals surface area (Å²) in [5, 5.41) is 3.57. The number of carbonyl (C=O) groups excluding carboxylic acids is 1. The summed E-state index contributed by atoms with van der Waals surface area (Å²) in [7, 11) is 0. The van der Waals surface area contributed by atoms with Gasteiger partial charge in [-0.05, 0) is 36.8 Å². The Morgan fingerprint density at radius 1 is 1.06 bits per heavy atom. The highest BCUT2D eigenvalue weighted by Gasteiger charge is 2.04. The number of amides is 1. The Labute approximate surface area is 112 Å². The lowest BCUT2D eigenvalue weighted by Gasteiger charge is -2.05. The number of carbonyl (C=O) groups is 1. The van der Waals surface area contributed by atoms with Crippen molar-refractivity contribution in [3.05, 3.63) is 70.2 Å². The highest BCUT2D eigenvalue weighted by atomic mass is 35.5. The number of aryl methyl sites for hydroxylation is 1. The molecule has 92 valence electrons. The van der Waals surface area contributed by atoms with Crippen LogP contribution >= 0.6 is 11.6 Å². The molecule has 0 bridgehead atoms. The van der Waals surface area contributed by atoms with Crippen molar-refractivity contribution in [1.82, 2.24) is 5.32 Å². The molecule has 1 amide bonds. The zero-order chi connectivity index (χ0) is 13.0. The Hall–Kier alpha value is -1.80. The van der Waals surface area contributed by atoms with E-state index in [1.807, 2.05) is 55.5 Å². The number of hydrogen-bond donors (Lipinski definition) is 1. The first-order valence-corrected chi connectivity index (χ1v) is 6.12. The molecule has 0 saturated heterocycles. The molecule has 2 aromatic rings. The van der Waals surface area contributed by atoms with Gasteiger partial charge in [-0.15, -0.1) is 0 Å². The lowest BCUT2D eigenvalue weighted by molar-refractivity contribution is 0.0951. The number of rotatable bonds is 3. The lowest BCUT2D eigenvalue weighted by atomic mass is 10.1. The van der Waals surface area contributed by atoms with E-state index in [2.05, 4.69) is 5.32 Å². The summed E-state index contributed by atoms with van der Waals surface area (Å²) in [6.07, 6.45) is 0. The van der Waals surface area contributed by atoms with Crippen LogP contribution in [0.5, 0.6) is 0 Å². The third kappa shape index (κ3) is 3.34. The third-order valence-corrected chi connectivity index (χ3v) is 2.93. The zero-order valence-corrected chi connectivity index (χ0v) is 10.9. The fraction of sp³-hybridized carbons (Fsp3) is 0.133. The first kappa shape index (κ1) is 12.7. The van der Waals surface area contributed by atoms with Gasteiger partial charge in [-0.2, -0.15) is 0 Å². The van der Waals surface area contributed by atoms with E-state index in [9.17, 15) is 4.79 Å². The van der Waals surface area contributed by atoms with E-state index in [1.54, 1.807) is 0 Å². The van der Waals surface area contributed by atoms with Crippen LogP contribution in [0.2, 0.25) is 5.02 Å². The van der Waals surface area contributed by atoms with Crippen LogP contribution in [-0.4, -0.2) is 5.91 Å². The van der Waals surface area contributed by atoms with Gasteiger partial charge in [0, 0.05) is 17.1 Å². The summed E-state index contributed by atoms with van der Waals surface area (Å²) in [4.78, 5) is 11.9. The minimum atomic E-state index is -0.0649. The Morgan fingerprint density at radius 3 is 2.28 bits per heavy atom. The highest BCUT2D eigenvalue weighted by Crippen LogP contribution is 2.09.